The van der Waals surface area contributed by atoms with Crippen molar-refractivity contribution in [2.75, 3.05) is 46.4 Å². The molecule has 0 spiro atoms. The number of methoxy groups -OCH3 is 1. The van der Waals surface area contributed by atoms with Crippen molar-refractivity contribution in [3.63, 3.8) is 0 Å². The van der Waals surface area contributed by atoms with Crippen LogP contribution in [0, 0.1) is 0 Å². The van der Waals surface area contributed by atoms with Gasteiger partial charge in [0.2, 0.25) is 0 Å². The Kier molecular flexibility index (Phi) is 5.01. The highest BCUT2D eigenvalue weighted by Crippen LogP contribution is 2.23. The Bertz CT molecular complexity index is 253. The van der Waals surface area contributed by atoms with Gasteiger partial charge in [-0.25, -0.2) is 0 Å². The average Bonchev–Trinajstić information content (AvgIpc) is 2.38. The molecule has 106 valence electrons. The van der Waals surface area contributed by atoms with Gasteiger partial charge in [0.1, 0.15) is 0 Å². The number of rotatable bonds is 4. The molecule has 2 N–H and O–H groups in total. The smallest absolute Gasteiger partial charge is 0.0777 e. The number of nitrogens with two attached hydrogens (primary N) is 1. The lowest BCUT2D eigenvalue weighted by Gasteiger charge is -2.40. The van der Waals surface area contributed by atoms with Gasteiger partial charge in [0.05, 0.1) is 5.60 Å². The molecule has 0 saturated carbocycles. The SMILES string of the molecule is COC1(C)CCCN(CCN2CCC(N)CC2)C1. The summed E-state index contributed by atoms with van der Waals surface area (Å²) in [4.78, 5) is 5.11. The molecule has 1 unspecified atom stereocenters. The van der Waals surface area contributed by atoms with Crippen LogP contribution in [0.15, 0.2) is 0 Å². The predicted octanol–water partition coefficient (Wildman–Crippen LogP) is 0.910. The lowest BCUT2D eigenvalue weighted by Crippen LogP contribution is -2.50. The third-order valence-electron chi connectivity index (χ3n) is 4.60. The van der Waals surface area contributed by atoms with Gasteiger partial charge in [-0.05, 0) is 52.2 Å². The first-order valence-corrected chi connectivity index (χ1v) is 7.37. The molecule has 2 rings (SSSR count). The minimum atomic E-state index is 0.0719. The first-order chi connectivity index (χ1) is 8.61. The summed E-state index contributed by atoms with van der Waals surface area (Å²) in [5, 5.41) is 0. The zero-order chi connectivity index (χ0) is 13.0. The van der Waals surface area contributed by atoms with Crippen LogP contribution in [0.5, 0.6) is 0 Å². The summed E-state index contributed by atoms with van der Waals surface area (Å²) < 4.78 is 5.64. The molecule has 4 nitrogen and oxygen atoms in total. The lowest BCUT2D eigenvalue weighted by atomic mass is 9.95. The second-order valence-electron chi connectivity index (χ2n) is 6.21. The van der Waals surface area contributed by atoms with E-state index in [0.29, 0.717) is 6.04 Å². The van der Waals surface area contributed by atoms with Crippen LogP contribution in [-0.2, 0) is 4.74 Å². The number of nitrogens with zero attached hydrogens (tertiary/aromatic N) is 2. The standard InChI is InChI=1S/C14H29N3O/c1-14(18-2)6-3-7-17(12-14)11-10-16-8-4-13(15)5-9-16/h13H,3-12,15H2,1-2H3. The van der Waals surface area contributed by atoms with E-state index in [2.05, 4.69) is 16.7 Å². The summed E-state index contributed by atoms with van der Waals surface area (Å²) in [7, 11) is 1.84. The first-order valence-electron chi connectivity index (χ1n) is 7.37. The first kappa shape index (κ1) is 14.3. The van der Waals surface area contributed by atoms with E-state index in [0.717, 1.165) is 19.4 Å². The molecular weight excluding hydrogens is 226 g/mol. The Morgan fingerprint density at radius 2 is 1.83 bits per heavy atom. The fraction of sp³-hybridized carbons (Fsp3) is 1.00. The number of piperidine rings is 2. The molecule has 0 aromatic rings. The molecule has 4 heteroatoms. The van der Waals surface area contributed by atoms with Crippen molar-refractivity contribution < 1.29 is 4.74 Å². The minimum absolute atomic E-state index is 0.0719. The molecule has 0 radical (unpaired) electrons. The average molecular weight is 255 g/mol. The van der Waals surface area contributed by atoms with Crippen LogP contribution in [0.25, 0.3) is 0 Å². The van der Waals surface area contributed by atoms with Gasteiger partial charge >= 0.3 is 0 Å². The van der Waals surface area contributed by atoms with Gasteiger partial charge in [0.25, 0.3) is 0 Å². The normalized spacial score (nSPS) is 32.8. The van der Waals surface area contributed by atoms with Crippen LogP contribution in [0.1, 0.15) is 32.6 Å². The Morgan fingerprint density at radius 1 is 1.17 bits per heavy atom. The molecule has 2 aliphatic heterocycles. The molecule has 18 heavy (non-hydrogen) atoms. The molecule has 0 bridgehead atoms. The number of hydrogen-bond donors (Lipinski definition) is 1. The number of likely N-dealkylation sites (tertiary alicyclic amines) is 2. The highest BCUT2D eigenvalue weighted by atomic mass is 16.5. The maximum atomic E-state index is 5.94. The van der Waals surface area contributed by atoms with Crippen LogP contribution in [-0.4, -0.2) is 67.8 Å². The third-order valence-corrected chi connectivity index (χ3v) is 4.60. The fourth-order valence-corrected chi connectivity index (χ4v) is 3.12. The van der Waals surface area contributed by atoms with E-state index >= 15 is 0 Å². The largest absolute Gasteiger partial charge is 0.377 e. The van der Waals surface area contributed by atoms with E-state index in [-0.39, 0.29) is 5.60 Å². The van der Waals surface area contributed by atoms with Crippen molar-refractivity contribution in [1.29, 1.82) is 0 Å². The van der Waals surface area contributed by atoms with Gasteiger partial charge in [-0.2, -0.15) is 0 Å². The van der Waals surface area contributed by atoms with Crippen LogP contribution in [0.2, 0.25) is 0 Å². The van der Waals surface area contributed by atoms with E-state index in [1.54, 1.807) is 0 Å². The van der Waals surface area contributed by atoms with Crippen LogP contribution < -0.4 is 5.73 Å². The summed E-state index contributed by atoms with van der Waals surface area (Å²) in [6, 6.07) is 0.438. The maximum Gasteiger partial charge on any atom is 0.0777 e. The summed E-state index contributed by atoms with van der Waals surface area (Å²) in [5.41, 5.74) is 6.01. The molecule has 0 aromatic carbocycles. The van der Waals surface area contributed by atoms with Crippen LogP contribution in [0.3, 0.4) is 0 Å². The summed E-state index contributed by atoms with van der Waals surface area (Å²) in [6.07, 6.45) is 4.78. The summed E-state index contributed by atoms with van der Waals surface area (Å²) in [5.74, 6) is 0. The molecular formula is C14H29N3O. The molecule has 2 heterocycles. The fourth-order valence-electron chi connectivity index (χ4n) is 3.12. The quantitative estimate of drug-likeness (QED) is 0.811. The summed E-state index contributed by atoms with van der Waals surface area (Å²) >= 11 is 0. The Balaban J connectivity index is 1.70. The van der Waals surface area contributed by atoms with E-state index in [1.165, 1.54) is 45.6 Å². The van der Waals surface area contributed by atoms with E-state index < -0.39 is 0 Å². The number of hydrogen-bond acceptors (Lipinski definition) is 4. The summed E-state index contributed by atoms with van der Waals surface area (Å²) in [6.45, 7) is 9.26. The topological polar surface area (TPSA) is 41.7 Å². The van der Waals surface area contributed by atoms with Crippen molar-refractivity contribution in [2.24, 2.45) is 5.73 Å². The maximum absolute atomic E-state index is 5.94. The van der Waals surface area contributed by atoms with Crippen molar-refractivity contribution in [3.8, 4) is 0 Å². The molecule has 2 aliphatic rings. The highest BCUT2D eigenvalue weighted by Gasteiger charge is 2.30. The monoisotopic (exact) mass is 255 g/mol. The lowest BCUT2D eigenvalue weighted by molar-refractivity contribution is -0.0521. The van der Waals surface area contributed by atoms with Crippen LogP contribution >= 0.6 is 0 Å². The Labute approximate surface area is 111 Å². The third kappa shape index (κ3) is 3.92. The van der Waals surface area contributed by atoms with Gasteiger partial charge in [-0.15, -0.1) is 0 Å². The molecule has 2 saturated heterocycles. The zero-order valence-corrected chi connectivity index (χ0v) is 12.0. The zero-order valence-electron chi connectivity index (χ0n) is 12.0. The Morgan fingerprint density at radius 3 is 2.50 bits per heavy atom. The molecule has 0 aliphatic carbocycles. The molecule has 2 fully saturated rings. The second kappa shape index (κ2) is 6.33. The van der Waals surface area contributed by atoms with Crippen molar-refractivity contribution >= 4 is 0 Å². The predicted molar refractivity (Wildman–Crippen MR) is 74.7 cm³/mol. The second-order valence-corrected chi connectivity index (χ2v) is 6.21. The van der Waals surface area contributed by atoms with Gasteiger partial charge in [0.15, 0.2) is 0 Å². The highest BCUT2D eigenvalue weighted by molar-refractivity contribution is 4.85. The van der Waals surface area contributed by atoms with E-state index in [4.69, 9.17) is 10.5 Å². The van der Waals surface area contributed by atoms with E-state index in [9.17, 15) is 0 Å². The van der Waals surface area contributed by atoms with Gasteiger partial charge in [-0.1, -0.05) is 0 Å². The van der Waals surface area contributed by atoms with E-state index in [1.807, 2.05) is 7.11 Å². The molecule has 1 atom stereocenters. The van der Waals surface area contributed by atoms with Crippen molar-refractivity contribution in [1.82, 2.24) is 9.80 Å². The van der Waals surface area contributed by atoms with Gasteiger partial charge < -0.3 is 15.4 Å². The van der Waals surface area contributed by atoms with Crippen LogP contribution in [0.4, 0.5) is 0 Å². The van der Waals surface area contributed by atoms with Crippen molar-refractivity contribution in [3.05, 3.63) is 0 Å². The van der Waals surface area contributed by atoms with Gasteiger partial charge in [0, 0.05) is 32.8 Å². The van der Waals surface area contributed by atoms with Gasteiger partial charge in [-0.3, -0.25) is 4.90 Å². The minimum Gasteiger partial charge on any atom is -0.377 e. The molecule has 0 aromatic heterocycles. The van der Waals surface area contributed by atoms with Crippen molar-refractivity contribution in [2.45, 2.75) is 44.2 Å². The Hall–Kier alpha value is -0.160. The molecule has 0 amide bonds. The number of ether oxygens (including phenoxy) is 1.